The first kappa shape index (κ1) is 15.8. The molecule has 1 atom stereocenters. The van der Waals surface area contributed by atoms with Crippen molar-refractivity contribution in [2.24, 2.45) is 5.92 Å². The highest BCUT2D eigenvalue weighted by atomic mass is 32.2. The Labute approximate surface area is 119 Å². The molecule has 1 aromatic rings. The lowest BCUT2D eigenvalue weighted by molar-refractivity contribution is 0.562. The van der Waals surface area contributed by atoms with Crippen molar-refractivity contribution in [1.29, 1.82) is 0 Å². The number of thioether (sulfide) groups is 1. The largest absolute Gasteiger partial charge is 0.349 e. The van der Waals surface area contributed by atoms with Crippen LogP contribution in [0, 0.1) is 5.92 Å². The van der Waals surface area contributed by atoms with Gasteiger partial charge in [0.25, 0.3) is 0 Å². The Morgan fingerprint density at radius 3 is 2.78 bits per heavy atom. The minimum Gasteiger partial charge on any atom is -0.349 e. The Morgan fingerprint density at radius 2 is 2.17 bits per heavy atom. The maximum Gasteiger partial charge on any atom is 0.185 e. The second-order valence-corrected chi connectivity index (χ2v) is 6.48. The summed E-state index contributed by atoms with van der Waals surface area (Å²) in [5, 5.41) is 4.66. The van der Waals surface area contributed by atoms with Gasteiger partial charge in [-0.2, -0.15) is 11.8 Å². The Hall–Kier alpha value is -0.260. The van der Waals surface area contributed by atoms with Crippen LogP contribution in [0.4, 0.5) is 5.13 Å². The molecule has 1 N–H and O–H groups in total. The lowest BCUT2D eigenvalue weighted by atomic mass is 10.2. The van der Waals surface area contributed by atoms with E-state index < -0.39 is 0 Å². The Balaban J connectivity index is 2.35. The van der Waals surface area contributed by atoms with Crippen LogP contribution in [0.1, 0.15) is 25.6 Å². The molecule has 0 aromatic carbocycles. The molecule has 0 saturated carbocycles. The highest BCUT2D eigenvalue weighted by molar-refractivity contribution is 7.98. The Morgan fingerprint density at radius 1 is 1.44 bits per heavy atom. The highest BCUT2D eigenvalue weighted by Crippen LogP contribution is 2.22. The maximum atomic E-state index is 4.49. The molecular formula is C13H25N3S2. The number of hydrogen-bond donors (Lipinski definition) is 1. The molecule has 0 saturated heterocycles. The first-order valence-electron chi connectivity index (χ1n) is 6.60. The molecule has 1 unspecified atom stereocenters. The number of thiazole rings is 1. The van der Waals surface area contributed by atoms with Crippen molar-refractivity contribution in [3.05, 3.63) is 11.1 Å². The molecule has 0 amide bonds. The van der Waals surface area contributed by atoms with Gasteiger partial charge in [-0.05, 0) is 38.3 Å². The first-order valence-corrected chi connectivity index (χ1v) is 8.81. The monoisotopic (exact) mass is 287 g/mol. The number of rotatable bonds is 9. The van der Waals surface area contributed by atoms with E-state index in [4.69, 9.17) is 0 Å². The molecule has 1 rings (SSSR count). The molecule has 0 aliphatic heterocycles. The van der Waals surface area contributed by atoms with E-state index in [9.17, 15) is 0 Å². The van der Waals surface area contributed by atoms with Crippen LogP contribution in [0.2, 0.25) is 0 Å². The van der Waals surface area contributed by atoms with Crippen molar-refractivity contribution in [3.8, 4) is 0 Å². The van der Waals surface area contributed by atoms with E-state index in [1.54, 1.807) is 11.3 Å². The summed E-state index contributed by atoms with van der Waals surface area (Å²) in [6.07, 6.45) is 4.17. The number of hydrogen-bond acceptors (Lipinski definition) is 5. The average molecular weight is 287 g/mol. The summed E-state index contributed by atoms with van der Waals surface area (Å²) in [7, 11) is 0. The van der Waals surface area contributed by atoms with Crippen LogP contribution in [0.15, 0.2) is 6.20 Å². The number of nitrogens with one attached hydrogen (secondary N) is 1. The molecule has 0 bridgehead atoms. The summed E-state index contributed by atoms with van der Waals surface area (Å²) < 4.78 is 0. The normalized spacial score (nSPS) is 12.7. The SMILES string of the molecule is CCN(CC)c1ncc(CNCC(C)CSC)s1. The van der Waals surface area contributed by atoms with Crippen LogP contribution in [0.3, 0.4) is 0 Å². The summed E-state index contributed by atoms with van der Waals surface area (Å²) in [4.78, 5) is 8.12. The fraction of sp³-hybridized carbons (Fsp3) is 0.769. The topological polar surface area (TPSA) is 28.2 Å². The predicted molar refractivity (Wildman–Crippen MR) is 84.9 cm³/mol. The van der Waals surface area contributed by atoms with Crippen LogP contribution in [0.5, 0.6) is 0 Å². The average Bonchev–Trinajstić information content (AvgIpc) is 2.80. The van der Waals surface area contributed by atoms with Crippen LogP contribution >= 0.6 is 23.1 Å². The third-order valence-electron chi connectivity index (χ3n) is 2.82. The fourth-order valence-electron chi connectivity index (χ4n) is 1.80. The molecule has 3 nitrogen and oxygen atoms in total. The minimum atomic E-state index is 0.732. The van der Waals surface area contributed by atoms with Crippen molar-refractivity contribution in [3.63, 3.8) is 0 Å². The number of nitrogens with zero attached hydrogens (tertiary/aromatic N) is 2. The zero-order valence-electron chi connectivity index (χ0n) is 11.9. The summed E-state index contributed by atoms with van der Waals surface area (Å²) in [5.74, 6) is 1.95. The van der Waals surface area contributed by atoms with E-state index in [-0.39, 0.29) is 0 Å². The molecule has 0 spiro atoms. The van der Waals surface area contributed by atoms with E-state index in [0.29, 0.717) is 0 Å². The van der Waals surface area contributed by atoms with Crippen LogP contribution in [0.25, 0.3) is 0 Å². The van der Waals surface area contributed by atoms with Crippen molar-refractivity contribution >= 4 is 28.2 Å². The zero-order chi connectivity index (χ0) is 13.4. The molecule has 0 radical (unpaired) electrons. The smallest absolute Gasteiger partial charge is 0.185 e. The highest BCUT2D eigenvalue weighted by Gasteiger charge is 2.07. The van der Waals surface area contributed by atoms with Crippen molar-refractivity contribution < 1.29 is 0 Å². The molecule has 0 aliphatic rings. The third-order valence-corrected chi connectivity index (χ3v) is 4.78. The predicted octanol–water partition coefficient (Wildman–Crippen LogP) is 3.08. The van der Waals surface area contributed by atoms with Crippen molar-refractivity contribution in [2.45, 2.75) is 27.3 Å². The van der Waals surface area contributed by atoms with Crippen LogP contribution in [-0.4, -0.2) is 36.6 Å². The molecule has 1 heterocycles. The standard InChI is InChI=1S/C13H25N3S2/c1-5-16(6-2)13-15-9-12(18-13)8-14-7-11(3)10-17-4/h9,11,14H,5-8,10H2,1-4H3. The molecule has 1 aromatic heterocycles. The van der Waals surface area contributed by atoms with Gasteiger partial charge in [0.1, 0.15) is 0 Å². The minimum absolute atomic E-state index is 0.732. The summed E-state index contributed by atoms with van der Waals surface area (Å²) in [6.45, 7) is 10.7. The van der Waals surface area contributed by atoms with E-state index in [0.717, 1.165) is 37.2 Å². The van der Waals surface area contributed by atoms with Crippen molar-refractivity contribution in [1.82, 2.24) is 10.3 Å². The fourth-order valence-corrected chi connectivity index (χ4v) is 3.50. The van der Waals surface area contributed by atoms with Gasteiger partial charge in [-0.3, -0.25) is 0 Å². The van der Waals surface area contributed by atoms with Gasteiger partial charge in [-0.15, -0.1) is 11.3 Å². The molecule has 0 fully saturated rings. The molecule has 104 valence electrons. The molecular weight excluding hydrogens is 262 g/mol. The van der Waals surface area contributed by atoms with Gasteiger partial charge in [0.2, 0.25) is 0 Å². The van der Waals surface area contributed by atoms with E-state index in [1.807, 2.05) is 18.0 Å². The lowest BCUT2D eigenvalue weighted by Gasteiger charge is -2.16. The summed E-state index contributed by atoms with van der Waals surface area (Å²) >= 11 is 3.72. The van der Waals surface area contributed by atoms with Gasteiger partial charge in [-0.25, -0.2) is 4.98 Å². The number of anilines is 1. The first-order chi connectivity index (χ1) is 8.71. The number of aromatic nitrogens is 1. The summed E-state index contributed by atoms with van der Waals surface area (Å²) in [5.41, 5.74) is 0. The Bertz CT molecular complexity index is 324. The van der Waals surface area contributed by atoms with Crippen LogP contribution in [-0.2, 0) is 6.54 Å². The van der Waals surface area contributed by atoms with Crippen LogP contribution < -0.4 is 10.2 Å². The Kier molecular flexibility index (Phi) is 7.70. The zero-order valence-corrected chi connectivity index (χ0v) is 13.5. The summed E-state index contributed by atoms with van der Waals surface area (Å²) in [6, 6.07) is 0. The van der Waals surface area contributed by atoms with E-state index in [2.05, 4.69) is 42.2 Å². The second kappa shape index (κ2) is 8.77. The third kappa shape index (κ3) is 5.16. The molecule has 5 heteroatoms. The maximum absolute atomic E-state index is 4.49. The van der Waals surface area contributed by atoms with Gasteiger partial charge >= 0.3 is 0 Å². The van der Waals surface area contributed by atoms with Gasteiger partial charge in [-0.1, -0.05) is 6.92 Å². The van der Waals surface area contributed by atoms with E-state index >= 15 is 0 Å². The molecule has 18 heavy (non-hydrogen) atoms. The lowest BCUT2D eigenvalue weighted by Crippen LogP contribution is -2.21. The van der Waals surface area contributed by atoms with Crippen molar-refractivity contribution in [2.75, 3.05) is 36.5 Å². The second-order valence-electron chi connectivity index (χ2n) is 4.47. The van der Waals surface area contributed by atoms with Gasteiger partial charge in [0.15, 0.2) is 5.13 Å². The van der Waals surface area contributed by atoms with Gasteiger partial charge < -0.3 is 10.2 Å². The quantitative estimate of drug-likeness (QED) is 0.755. The molecule has 0 aliphatic carbocycles. The van der Waals surface area contributed by atoms with Gasteiger partial charge in [0.05, 0.1) is 0 Å². The van der Waals surface area contributed by atoms with Gasteiger partial charge in [0, 0.05) is 30.7 Å². The van der Waals surface area contributed by atoms with E-state index in [1.165, 1.54) is 10.6 Å².